The van der Waals surface area contributed by atoms with Gasteiger partial charge in [-0.3, -0.25) is 4.68 Å². The summed E-state index contributed by atoms with van der Waals surface area (Å²) in [6.07, 6.45) is 6.26. The number of hydrogen-bond donors (Lipinski definition) is 1. The molecule has 1 saturated heterocycles. The van der Waals surface area contributed by atoms with Crippen LogP contribution in [0.25, 0.3) is 22.3 Å². The van der Waals surface area contributed by atoms with Crippen LogP contribution in [0.5, 0.6) is 11.6 Å². The zero-order chi connectivity index (χ0) is 24.4. The van der Waals surface area contributed by atoms with Gasteiger partial charge in [0.15, 0.2) is 17.4 Å². The molecule has 0 radical (unpaired) electrons. The van der Waals surface area contributed by atoms with Crippen molar-refractivity contribution in [3.63, 3.8) is 0 Å². The third-order valence-corrected chi connectivity index (χ3v) is 5.76. The summed E-state index contributed by atoms with van der Waals surface area (Å²) in [6, 6.07) is 5.02. The SMILES string of the molecule is Cn1cc(-c2nc3cnc(OCCO)cc3nc2N2CCC(Oc3ccc(F)cc3F)CC2)cn1. The molecule has 1 fully saturated rings. The monoisotopic (exact) mass is 482 g/mol. The fourth-order valence-corrected chi connectivity index (χ4v) is 4.05. The molecule has 0 bridgehead atoms. The fraction of sp³-hybridized carbons (Fsp3) is 0.333. The number of rotatable bonds is 7. The summed E-state index contributed by atoms with van der Waals surface area (Å²) < 4.78 is 40.1. The quantitative estimate of drug-likeness (QED) is 0.429. The van der Waals surface area contributed by atoms with Crippen molar-refractivity contribution in [3.05, 3.63) is 54.5 Å². The number of ether oxygens (including phenoxy) is 2. The van der Waals surface area contributed by atoms with Crippen molar-refractivity contribution in [2.45, 2.75) is 18.9 Å². The van der Waals surface area contributed by atoms with Crippen molar-refractivity contribution in [1.29, 1.82) is 0 Å². The molecule has 3 aromatic heterocycles. The van der Waals surface area contributed by atoms with Gasteiger partial charge >= 0.3 is 0 Å². The van der Waals surface area contributed by atoms with Gasteiger partial charge in [0.1, 0.15) is 29.7 Å². The second-order valence-corrected chi connectivity index (χ2v) is 8.26. The van der Waals surface area contributed by atoms with E-state index in [0.717, 1.165) is 11.6 Å². The van der Waals surface area contributed by atoms with E-state index in [1.807, 2.05) is 13.2 Å². The van der Waals surface area contributed by atoms with E-state index >= 15 is 0 Å². The van der Waals surface area contributed by atoms with Crippen LogP contribution in [-0.2, 0) is 7.05 Å². The minimum atomic E-state index is -0.709. The van der Waals surface area contributed by atoms with Crippen LogP contribution in [0, 0.1) is 11.6 Å². The number of anilines is 1. The van der Waals surface area contributed by atoms with E-state index in [1.54, 1.807) is 23.1 Å². The molecule has 1 aliphatic rings. The predicted octanol–water partition coefficient (Wildman–Crippen LogP) is 3.12. The number of aliphatic hydroxyl groups excluding tert-OH is 1. The summed E-state index contributed by atoms with van der Waals surface area (Å²) in [7, 11) is 1.83. The van der Waals surface area contributed by atoms with Gasteiger partial charge in [-0.2, -0.15) is 5.10 Å². The van der Waals surface area contributed by atoms with E-state index in [0.29, 0.717) is 54.4 Å². The highest BCUT2D eigenvalue weighted by Crippen LogP contribution is 2.32. The largest absolute Gasteiger partial charge is 0.487 e. The van der Waals surface area contributed by atoms with E-state index in [1.165, 1.54) is 12.1 Å². The van der Waals surface area contributed by atoms with Crippen molar-refractivity contribution in [2.75, 3.05) is 31.2 Å². The Labute approximate surface area is 200 Å². The van der Waals surface area contributed by atoms with Crippen molar-refractivity contribution < 1.29 is 23.4 Å². The number of hydrogen-bond acceptors (Lipinski definition) is 8. The van der Waals surface area contributed by atoms with Crippen LogP contribution in [0.4, 0.5) is 14.6 Å². The molecule has 1 aromatic carbocycles. The Balaban J connectivity index is 1.41. The van der Waals surface area contributed by atoms with Crippen molar-refractivity contribution >= 4 is 16.9 Å². The summed E-state index contributed by atoms with van der Waals surface area (Å²) >= 11 is 0. The maximum Gasteiger partial charge on any atom is 0.215 e. The molecule has 4 aromatic rings. The second-order valence-electron chi connectivity index (χ2n) is 8.26. The highest BCUT2D eigenvalue weighted by Gasteiger charge is 2.26. The number of benzene rings is 1. The molecule has 9 nitrogen and oxygen atoms in total. The number of aliphatic hydroxyl groups is 1. The van der Waals surface area contributed by atoms with Crippen LogP contribution in [0.1, 0.15) is 12.8 Å². The standard InChI is InChI=1S/C24H24F2N6O3/c1-31-14-15(12-28-31)23-24(30-19-11-22(34-9-8-33)27-13-20(19)29-23)32-6-4-17(5-7-32)35-21-3-2-16(25)10-18(21)26/h2-3,10-14,17,33H,4-9H2,1H3. The third kappa shape index (κ3) is 4.99. The van der Waals surface area contributed by atoms with E-state index in [9.17, 15) is 8.78 Å². The van der Waals surface area contributed by atoms with Gasteiger partial charge in [-0.15, -0.1) is 0 Å². The Morgan fingerprint density at radius 2 is 1.91 bits per heavy atom. The molecule has 0 aliphatic carbocycles. The summed E-state index contributed by atoms with van der Waals surface area (Å²) in [5, 5.41) is 13.3. The van der Waals surface area contributed by atoms with Gasteiger partial charge in [0.05, 0.1) is 24.5 Å². The molecule has 11 heteroatoms. The topological polar surface area (TPSA) is 98.4 Å². The van der Waals surface area contributed by atoms with Gasteiger partial charge in [0, 0.05) is 56.9 Å². The Kier molecular flexibility index (Phi) is 6.41. The number of aromatic nitrogens is 5. The Morgan fingerprint density at radius 3 is 2.63 bits per heavy atom. The molecule has 0 unspecified atom stereocenters. The lowest BCUT2D eigenvalue weighted by molar-refractivity contribution is 0.163. The molecule has 182 valence electrons. The zero-order valence-electron chi connectivity index (χ0n) is 19.1. The molecule has 1 aliphatic heterocycles. The van der Waals surface area contributed by atoms with Gasteiger partial charge in [0.25, 0.3) is 0 Å². The molecule has 0 amide bonds. The first-order valence-corrected chi connectivity index (χ1v) is 11.3. The molecular weight excluding hydrogens is 458 g/mol. The van der Waals surface area contributed by atoms with Gasteiger partial charge in [-0.25, -0.2) is 23.7 Å². The maximum atomic E-state index is 14.0. The van der Waals surface area contributed by atoms with Gasteiger partial charge in [0.2, 0.25) is 5.88 Å². The van der Waals surface area contributed by atoms with Gasteiger partial charge in [-0.1, -0.05) is 0 Å². The van der Waals surface area contributed by atoms with Gasteiger partial charge in [-0.05, 0) is 12.1 Å². The van der Waals surface area contributed by atoms with Crippen molar-refractivity contribution in [1.82, 2.24) is 24.7 Å². The van der Waals surface area contributed by atoms with E-state index in [4.69, 9.17) is 24.5 Å². The highest BCUT2D eigenvalue weighted by atomic mass is 19.1. The molecule has 1 N–H and O–H groups in total. The Morgan fingerprint density at radius 1 is 1.09 bits per heavy atom. The summed E-state index contributed by atoms with van der Waals surface area (Å²) in [4.78, 5) is 16.1. The van der Waals surface area contributed by atoms with Crippen LogP contribution < -0.4 is 14.4 Å². The summed E-state index contributed by atoms with van der Waals surface area (Å²) in [5.74, 6) is -0.248. The Hall–Kier alpha value is -3.86. The smallest absolute Gasteiger partial charge is 0.215 e. The van der Waals surface area contributed by atoms with Gasteiger partial charge < -0.3 is 19.5 Å². The molecule has 5 rings (SSSR count). The predicted molar refractivity (Wildman–Crippen MR) is 124 cm³/mol. The molecule has 4 heterocycles. The number of fused-ring (bicyclic) bond motifs is 1. The Bertz CT molecular complexity index is 1340. The van der Waals surface area contributed by atoms with Crippen LogP contribution in [0.15, 0.2) is 42.9 Å². The molecular formula is C24H24F2N6O3. The lowest BCUT2D eigenvalue weighted by Gasteiger charge is -2.33. The fourth-order valence-electron chi connectivity index (χ4n) is 4.05. The lowest BCUT2D eigenvalue weighted by atomic mass is 10.1. The first-order chi connectivity index (χ1) is 17.0. The zero-order valence-corrected chi connectivity index (χ0v) is 19.1. The van der Waals surface area contributed by atoms with Crippen LogP contribution in [0.2, 0.25) is 0 Å². The molecule has 0 saturated carbocycles. The minimum Gasteiger partial charge on any atom is -0.487 e. The average molecular weight is 482 g/mol. The van der Waals surface area contributed by atoms with Crippen LogP contribution in [-0.4, -0.2) is 62.2 Å². The molecule has 0 atom stereocenters. The minimum absolute atomic E-state index is 0.0503. The average Bonchev–Trinajstić information content (AvgIpc) is 3.30. The van der Waals surface area contributed by atoms with E-state index < -0.39 is 11.6 Å². The van der Waals surface area contributed by atoms with Crippen molar-refractivity contribution in [2.24, 2.45) is 7.05 Å². The van der Waals surface area contributed by atoms with E-state index in [-0.39, 0.29) is 25.1 Å². The number of aryl methyl sites for hydroxylation is 1. The first-order valence-electron chi connectivity index (χ1n) is 11.3. The van der Waals surface area contributed by atoms with Crippen LogP contribution in [0.3, 0.4) is 0 Å². The molecule has 0 spiro atoms. The molecule has 35 heavy (non-hydrogen) atoms. The first kappa shape index (κ1) is 22.9. The summed E-state index contributed by atoms with van der Waals surface area (Å²) in [6.45, 7) is 1.24. The second kappa shape index (κ2) is 9.79. The van der Waals surface area contributed by atoms with Crippen molar-refractivity contribution in [3.8, 4) is 22.9 Å². The number of piperidine rings is 1. The number of pyridine rings is 1. The maximum absolute atomic E-state index is 14.0. The van der Waals surface area contributed by atoms with E-state index in [2.05, 4.69) is 15.0 Å². The number of halogens is 2. The van der Waals surface area contributed by atoms with Crippen LogP contribution >= 0.6 is 0 Å². The number of nitrogens with zero attached hydrogens (tertiary/aromatic N) is 6. The summed E-state index contributed by atoms with van der Waals surface area (Å²) in [5.41, 5.74) is 2.72. The third-order valence-electron chi connectivity index (χ3n) is 5.76. The highest BCUT2D eigenvalue weighted by molar-refractivity contribution is 5.83. The normalized spacial score (nSPS) is 14.5. The lowest BCUT2D eigenvalue weighted by Crippen LogP contribution is -2.39.